The quantitative estimate of drug-likeness (QED) is 0.625. The van der Waals surface area contributed by atoms with E-state index in [1.54, 1.807) is 12.3 Å². The average Bonchev–Trinajstić information content (AvgIpc) is 2.96. The van der Waals surface area contributed by atoms with Crippen LogP contribution in [0.3, 0.4) is 0 Å². The Labute approximate surface area is 140 Å². The Hall–Kier alpha value is -2.67. The summed E-state index contributed by atoms with van der Waals surface area (Å²) in [7, 11) is 0. The average molecular weight is 375 g/mol. The Bertz CT molecular complexity index is 832. The predicted molar refractivity (Wildman–Crippen MR) is 90.8 cm³/mol. The maximum absolute atomic E-state index is 12.8. The maximum Gasteiger partial charge on any atom is 0.323 e. The van der Waals surface area contributed by atoms with Gasteiger partial charge in [-0.15, -0.1) is 0 Å². The molecule has 0 radical (unpaired) electrons. The third-order valence-corrected chi connectivity index (χ3v) is 3.71. The Morgan fingerprint density at radius 2 is 1.83 bits per heavy atom. The summed E-state index contributed by atoms with van der Waals surface area (Å²) in [6.07, 6.45) is 1.66. The predicted octanol–water partition coefficient (Wildman–Crippen LogP) is 4.62. The van der Waals surface area contributed by atoms with Gasteiger partial charge in [-0.2, -0.15) is 5.10 Å². The highest BCUT2D eigenvalue weighted by Gasteiger charge is 2.07. The highest BCUT2D eigenvalue weighted by Crippen LogP contribution is 2.27. The largest absolute Gasteiger partial charge is 0.323 e. The minimum Gasteiger partial charge on any atom is -0.308 e. The highest BCUT2D eigenvalue weighted by molar-refractivity contribution is 9.10. The Kier molecular flexibility index (Phi) is 4.38. The van der Waals surface area contributed by atoms with Gasteiger partial charge < -0.3 is 10.6 Å². The van der Waals surface area contributed by atoms with Gasteiger partial charge in [-0.3, -0.25) is 5.10 Å². The normalized spacial score (nSPS) is 10.3. The molecule has 1 aromatic heterocycles. The van der Waals surface area contributed by atoms with E-state index >= 15 is 0 Å². The molecule has 0 aliphatic heterocycles. The van der Waals surface area contributed by atoms with Crippen molar-refractivity contribution in [2.75, 3.05) is 10.6 Å². The van der Waals surface area contributed by atoms with Crippen molar-refractivity contribution in [3.05, 3.63) is 65.0 Å². The summed E-state index contributed by atoms with van der Waals surface area (Å²) in [5.41, 5.74) is 2.85. The first-order chi connectivity index (χ1) is 11.1. The van der Waals surface area contributed by atoms with Crippen molar-refractivity contribution < 1.29 is 9.18 Å². The van der Waals surface area contributed by atoms with Crippen LogP contribution in [0.2, 0.25) is 0 Å². The van der Waals surface area contributed by atoms with E-state index in [1.807, 2.05) is 18.2 Å². The molecule has 0 aliphatic carbocycles. The fraction of sp³-hybridized carbons (Fsp3) is 0. The third-order valence-electron chi connectivity index (χ3n) is 3.10. The molecular weight excluding hydrogens is 363 g/mol. The van der Waals surface area contributed by atoms with Crippen molar-refractivity contribution in [1.29, 1.82) is 0 Å². The molecule has 2 amide bonds. The van der Waals surface area contributed by atoms with Crippen molar-refractivity contribution in [2.24, 2.45) is 0 Å². The number of rotatable bonds is 3. The maximum atomic E-state index is 12.8. The van der Waals surface area contributed by atoms with Gasteiger partial charge in [0, 0.05) is 16.9 Å². The number of amides is 2. The Balaban J connectivity index is 1.71. The molecule has 116 valence electrons. The molecule has 0 bridgehead atoms. The molecule has 0 unspecified atom stereocenters. The lowest BCUT2D eigenvalue weighted by Crippen LogP contribution is -2.19. The first kappa shape index (κ1) is 15.2. The topological polar surface area (TPSA) is 69.8 Å². The summed E-state index contributed by atoms with van der Waals surface area (Å²) in [4.78, 5) is 12.0. The molecule has 7 heteroatoms. The number of hydrogen-bond donors (Lipinski definition) is 3. The first-order valence-corrected chi connectivity index (χ1v) is 7.54. The zero-order valence-electron chi connectivity index (χ0n) is 11.8. The molecule has 0 spiro atoms. The van der Waals surface area contributed by atoms with Crippen LogP contribution in [0.1, 0.15) is 0 Å². The molecule has 0 saturated carbocycles. The zero-order valence-corrected chi connectivity index (χ0v) is 13.4. The number of anilines is 2. The van der Waals surface area contributed by atoms with Gasteiger partial charge in [0.05, 0.1) is 16.4 Å². The number of halogens is 2. The van der Waals surface area contributed by atoms with Gasteiger partial charge in [-0.25, -0.2) is 9.18 Å². The van der Waals surface area contributed by atoms with Crippen LogP contribution in [-0.4, -0.2) is 16.2 Å². The second-order valence-electron chi connectivity index (χ2n) is 4.76. The molecular formula is C16H12BrFN4O. The lowest BCUT2D eigenvalue weighted by atomic mass is 10.1. The Morgan fingerprint density at radius 3 is 2.52 bits per heavy atom. The molecule has 2 aromatic carbocycles. The molecule has 0 saturated heterocycles. The van der Waals surface area contributed by atoms with Crippen LogP contribution < -0.4 is 10.6 Å². The van der Waals surface area contributed by atoms with Crippen LogP contribution in [0.15, 0.2) is 59.2 Å². The van der Waals surface area contributed by atoms with Gasteiger partial charge in [0.2, 0.25) is 0 Å². The highest BCUT2D eigenvalue weighted by atomic mass is 79.9. The van der Waals surface area contributed by atoms with Crippen LogP contribution in [0.4, 0.5) is 20.6 Å². The number of benzene rings is 2. The number of aromatic amines is 1. The van der Waals surface area contributed by atoms with Gasteiger partial charge in [-0.05, 0) is 52.3 Å². The van der Waals surface area contributed by atoms with E-state index in [1.165, 1.54) is 24.3 Å². The van der Waals surface area contributed by atoms with Crippen LogP contribution >= 0.6 is 15.9 Å². The second-order valence-corrected chi connectivity index (χ2v) is 5.61. The molecule has 0 fully saturated rings. The fourth-order valence-corrected chi connectivity index (χ4v) is 2.47. The summed E-state index contributed by atoms with van der Waals surface area (Å²) in [6.45, 7) is 0. The molecule has 3 N–H and O–H groups in total. The minimum atomic E-state index is -0.405. The van der Waals surface area contributed by atoms with Gasteiger partial charge in [0.25, 0.3) is 0 Å². The van der Waals surface area contributed by atoms with E-state index in [9.17, 15) is 9.18 Å². The summed E-state index contributed by atoms with van der Waals surface area (Å²) in [5.74, 6) is -0.353. The molecule has 0 atom stereocenters. The first-order valence-electron chi connectivity index (χ1n) is 6.75. The van der Waals surface area contributed by atoms with Crippen LogP contribution in [0, 0.1) is 5.82 Å². The van der Waals surface area contributed by atoms with E-state index in [2.05, 4.69) is 36.8 Å². The molecule has 5 nitrogen and oxygen atoms in total. The van der Waals surface area contributed by atoms with Crippen molar-refractivity contribution in [2.45, 2.75) is 0 Å². The van der Waals surface area contributed by atoms with Crippen LogP contribution in [0.25, 0.3) is 11.3 Å². The molecule has 1 heterocycles. The summed E-state index contributed by atoms with van der Waals surface area (Å²) in [5, 5.41) is 12.2. The van der Waals surface area contributed by atoms with E-state index in [4.69, 9.17) is 0 Å². The molecule has 0 aliphatic rings. The summed E-state index contributed by atoms with van der Waals surface area (Å²) >= 11 is 3.40. The van der Waals surface area contributed by atoms with Gasteiger partial charge >= 0.3 is 6.03 Å². The van der Waals surface area contributed by atoms with E-state index < -0.39 is 6.03 Å². The number of carbonyl (C=O) groups is 1. The number of H-pyrrole nitrogens is 1. The standard InChI is InChI=1S/C16H12BrFN4O/c17-14-9-19-22-15(14)10-2-1-3-13(8-10)21-16(23)20-12-6-4-11(18)5-7-12/h1-9H,(H,19,22)(H2,20,21,23). The van der Waals surface area contributed by atoms with Gasteiger partial charge in [0.15, 0.2) is 0 Å². The number of aromatic nitrogens is 2. The van der Waals surface area contributed by atoms with E-state index in [0.717, 1.165) is 15.7 Å². The number of carbonyl (C=O) groups excluding carboxylic acids is 1. The van der Waals surface area contributed by atoms with Crippen molar-refractivity contribution in [1.82, 2.24) is 10.2 Å². The van der Waals surface area contributed by atoms with Crippen molar-refractivity contribution in [3.8, 4) is 11.3 Å². The SMILES string of the molecule is O=C(Nc1ccc(F)cc1)Nc1cccc(-c2[nH]ncc2Br)c1. The molecule has 3 aromatic rings. The second kappa shape index (κ2) is 6.62. The number of urea groups is 1. The monoisotopic (exact) mass is 374 g/mol. The fourth-order valence-electron chi connectivity index (χ4n) is 2.05. The van der Waals surface area contributed by atoms with Gasteiger partial charge in [0.1, 0.15) is 5.82 Å². The third kappa shape index (κ3) is 3.75. The van der Waals surface area contributed by atoms with Crippen LogP contribution in [0.5, 0.6) is 0 Å². The number of hydrogen-bond acceptors (Lipinski definition) is 2. The Morgan fingerprint density at radius 1 is 1.09 bits per heavy atom. The summed E-state index contributed by atoms with van der Waals surface area (Å²) in [6, 6.07) is 12.5. The lowest BCUT2D eigenvalue weighted by Gasteiger charge is -2.09. The molecule has 23 heavy (non-hydrogen) atoms. The van der Waals surface area contributed by atoms with Crippen molar-refractivity contribution in [3.63, 3.8) is 0 Å². The van der Waals surface area contributed by atoms with Crippen molar-refractivity contribution >= 4 is 33.3 Å². The smallest absolute Gasteiger partial charge is 0.308 e. The zero-order chi connectivity index (χ0) is 16.2. The van der Waals surface area contributed by atoms with E-state index in [0.29, 0.717) is 11.4 Å². The number of nitrogens with one attached hydrogen (secondary N) is 3. The van der Waals surface area contributed by atoms with Crippen LogP contribution in [-0.2, 0) is 0 Å². The lowest BCUT2D eigenvalue weighted by molar-refractivity contribution is 0.262. The van der Waals surface area contributed by atoms with E-state index in [-0.39, 0.29) is 5.82 Å². The minimum absolute atomic E-state index is 0.353. The number of nitrogens with zero attached hydrogens (tertiary/aromatic N) is 1. The summed E-state index contributed by atoms with van der Waals surface area (Å²) < 4.78 is 13.7. The molecule has 3 rings (SSSR count). The van der Waals surface area contributed by atoms with Gasteiger partial charge in [-0.1, -0.05) is 12.1 Å².